The molecular formula is C18H18BNO4. The molecule has 122 valence electrons. The largest absolute Gasteiger partial charge is 0.478 e. The van der Waals surface area contributed by atoms with Crippen LogP contribution < -0.4 is 5.32 Å². The summed E-state index contributed by atoms with van der Waals surface area (Å²) in [4.78, 5) is 22.5. The second kappa shape index (κ2) is 8.31. The van der Waals surface area contributed by atoms with Crippen LogP contribution in [0.15, 0.2) is 54.6 Å². The van der Waals surface area contributed by atoms with E-state index in [1.165, 1.54) is 6.07 Å². The summed E-state index contributed by atoms with van der Waals surface area (Å²) in [6.07, 6.45) is -0.487. The zero-order valence-electron chi connectivity index (χ0n) is 13.1. The van der Waals surface area contributed by atoms with Gasteiger partial charge in [0.1, 0.15) is 0 Å². The molecule has 2 atom stereocenters. The van der Waals surface area contributed by atoms with Crippen molar-refractivity contribution >= 4 is 19.6 Å². The van der Waals surface area contributed by atoms with Crippen LogP contribution in [0.3, 0.4) is 0 Å². The van der Waals surface area contributed by atoms with Crippen LogP contribution in [0, 0.1) is 0 Å². The van der Waals surface area contributed by atoms with E-state index in [1.54, 1.807) is 18.2 Å². The van der Waals surface area contributed by atoms with Gasteiger partial charge < -0.3 is 15.5 Å². The van der Waals surface area contributed by atoms with Gasteiger partial charge in [-0.3, -0.25) is 4.79 Å². The first kappa shape index (κ1) is 17.8. The molecule has 2 aromatic rings. The highest BCUT2D eigenvalue weighted by Crippen LogP contribution is 2.15. The monoisotopic (exact) mass is 323 g/mol. The second-order valence-corrected chi connectivity index (χ2v) is 5.54. The van der Waals surface area contributed by atoms with Crippen LogP contribution in [-0.4, -0.2) is 42.0 Å². The van der Waals surface area contributed by atoms with Gasteiger partial charge in [-0.05, 0) is 23.6 Å². The van der Waals surface area contributed by atoms with E-state index >= 15 is 0 Å². The molecule has 24 heavy (non-hydrogen) atoms. The Kier molecular flexibility index (Phi) is 6.15. The Bertz CT molecular complexity index is 705. The van der Waals surface area contributed by atoms with Gasteiger partial charge in [0.05, 0.1) is 17.7 Å². The average Bonchev–Trinajstić information content (AvgIpc) is 2.55. The van der Waals surface area contributed by atoms with Crippen LogP contribution in [0.25, 0.3) is 0 Å². The van der Waals surface area contributed by atoms with E-state index in [0.717, 1.165) is 5.56 Å². The molecule has 0 spiro atoms. The van der Waals surface area contributed by atoms with Crippen LogP contribution in [-0.2, 0) is 12.8 Å². The number of rotatable bonds is 7. The van der Waals surface area contributed by atoms with Gasteiger partial charge in [-0.25, -0.2) is 4.79 Å². The maximum atomic E-state index is 11.3. The van der Waals surface area contributed by atoms with Crippen LogP contribution in [0.1, 0.15) is 21.5 Å². The molecule has 0 saturated heterocycles. The minimum atomic E-state index is -1.06. The molecule has 3 N–H and O–H groups in total. The van der Waals surface area contributed by atoms with Gasteiger partial charge in [0.2, 0.25) is 7.85 Å². The van der Waals surface area contributed by atoms with E-state index in [-0.39, 0.29) is 12.0 Å². The molecule has 2 rings (SSSR count). The van der Waals surface area contributed by atoms with Gasteiger partial charge in [-0.1, -0.05) is 48.5 Å². The summed E-state index contributed by atoms with van der Waals surface area (Å²) < 4.78 is 0. The predicted octanol–water partition coefficient (Wildman–Crippen LogP) is 1.78. The summed E-state index contributed by atoms with van der Waals surface area (Å²) in [7, 11) is 5.20. The van der Waals surface area contributed by atoms with Crippen LogP contribution in [0.5, 0.6) is 0 Å². The lowest BCUT2D eigenvalue weighted by Gasteiger charge is -2.24. The highest BCUT2D eigenvalue weighted by Gasteiger charge is 2.22. The Labute approximate surface area is 141 Å². The fourth-order valence-electron chi connectivity index (χ4n) is 2.61. The lowest BCUT2D eigenvalue weighted by molar-refractivity contribution is 0.0693. The number of hydrogen-bond acceptors (Lipinski definition) is 3. The third-order valence-corrected chi connectivity index (χ3v) is 3.77. The van der Waals surface area contributed by atoms with Crippen molar-refractivity contribution in [1.29, 1.82) is 0 Å². The number of benzene rings is 2. The van der Waals surface area contributed by atoms with Crippen molar-refractivity contribution in [3.8, 4) is 0 Å². The first-order valence-electron chi connectivity index (χ1n) is 7.56. The van der Waals surface area contributed by atoms with Crippen molar-refractivity contribution in [1.82, 2.24) is 5.32 Å². The molecule has 0 fully saturated rings. The van der Waals surface area contributed by atoms with Gasteiger partial charge in [0.15, 0.2) is 5.81 Å². The van der Waals surface area contributed by atoms with Crippen molar-refractivity contribution in [2.75, 3.05) is 0 Å². The van der Waals surface area contributed by atoms with Gasteiger partial charge >= 0.3 is 5.97 Å². The first-order valence-corrected chi connectivity index (χ1v) is 7.56. The number of aliphatic hydroxyl groups excluding tert-OH is 1. The van der Waals surface area contributed by atoms with Crippen molar-refractivity contribution < 1.29 is 19.8 Å². The molecule has 0 aliphatic heterocycles. The maximum Gasteiger partial charge on any atom is 0.335 e. The summed E-state index contributed by atoms with van der Waals surface area (Å²) in [5.41, 5.74) is 1.57. The van der Waals surface area contributed by atoms with Gasteiger partial charge in [-0.2, -0.15) is 0 Å². The quantitative estimate of drug-likeness (QED) is 0.678. The van der Waals surface area contributed by atoms with Gasteiger partial charge in [0, 0.05) is 6.42 Å². The van der Waals surface area contributed by atoms with E-state index in [2.05, 4.69) is 5.32 Å². The minimum absolute atomic E-state index is 0.0975. The molecule has 6 heteroatoms. The normalized spacial score (nSPS) is 13.0. The molecule has 2 radical (unpaired) electrons. The summed E-state index contributed by atoms with van der Waals surface area (Å²) in [6.45, 7) is 0. The highest BCUT2D eigenvalue weighted by molar-refractivity contribution is 6.57. The van der Waals surface area contributed by atoms with Crippen LogP contribution in [0.2, 0.25) is 0 Å². The molecule has 0 aliphatic carbocycles. The molecule has 2 unspecified atom stereocenters. The number of hydrogen-bond donors (Lipinski definition) is 3. The van der Waals surface area contributed by atoms with E-state index in [4.69, 9.17) is 7.85 Å². The molecule has 0 aromatic heterocycles. The zero-order chi connectivity index (χ0) is 17.5. The van der Waals surface area contributed by atoms with Crippen LogP contribution >= 0.6 is 0 Å². The first-order chi connectivity index (χ1) is 11.5. The van der Waals surface area contributed by atoms with E-state index in [0.29, 0.717) is 12.0 Å². The van der Waals surface area contributed by atoms with Crippen molar-refractivity contribution in [3.63, 3.8) is 0 Å². The Morgan fingerprint density at radius 1 is 1.00 bits per heavy atom. The fraction of sp³-hybridized carbons (Fsp3) is 0.222. The summed E-state index contributed by atoms with van der Waals surface area (Å²) in [6, 6.07) is 15.2. The molecule has 2 aromatic carbocycles. The molecule has 0 saturated carbocycles. The molecule has 0 bridgehead atoms. The number of nitrogens with one attached hydrogen (secondary N) is 1. The zero-order valence-corrected chi connectivity index (χ0v) is 13.1. The molecule has 1 amide bonds. The van der Waals surface area contributed by atoms with Crippen molar-refractivity contribution in [2.45, 2.75) is 25.0 Å². The SMILES string of the molecule is [B]C(=O)NC(Cc1ccccc1)C(O)Cc1ccccc1C(=O)O. The number of aromatic carboxylic acids is 1. The van der Waals surface area contributed by atoms with Gasteiger partial charge in [0.25, 0.3) is 0 Å². The summed E-state index contributed by atoms with van der Waals surface area (Å²) in [5.74, 6) is -1.79. The predicted molar refractivity (Wildman–Crippen MR) is 91.3 cm³/mol. The number of aliphatic hydroxyl groups is 1. The number of carboxylic acid groups (broad SMARTS) is 1. The molecule has 0 heterocycles. The molecular weight excluding hydrogens is 305 g/mol. The molecule has 0 aliphatic rings. The Balaban J connectivity index is 2.17. The maximum absolute atomic E-state index is 11.3. The Morgan fingerprint density at radius 3 is 2.25 bits per heavy atom. The third kappa shape index (κ3) is 4.96. The fourth-order valence-corrected chi connectivity index (χ4v) is 2.61. The molecule has 5 nitrogen and oxygen atoms in total. The standard InChI is InChI=1S/C18H18BNO4/c19-18(24)20-15(10-12-6-2-1-3-7-12)16(21)11-13-8-4-5-9-14(13)17(22)23/h1-9,15-16,21H,10-11H2,(H,20,24)(H,22,23). The Morgan fingerprint density at radius 2 is 1.62 bits per heavy atom. The number of carbonyl (C=O) groups is 2. The third-order valence-electron chi connectivity index (χ3n) is 3.77. The van der Waals surface area contributed by atoms with Crippen molar-refractivity contribution in [3.05, 3.63) is 71.3 Å². The summed E-state index contributed by atoms with van der Waals surface area (Å²) >= 11 is 0. The van der Waals surface area contributed by atoms with Gasteiger partial charge in [-0.15, -0.1) is 0 Å². The van der Waals surface area contributed by atoms with E-state index in [1.807, 2.05) is 30.3 Å². The number of carboxylic acids is 1. The lowest BCUT2D eigenvalue weighted by Crippen LogP contribution is -2.45. The minimum Gasteiger partial charge on any atom is -0.478 e. The second-order valence-electron chi connectivity index (χ2n) is 5.54. The van der Waals surface area contributed by atoms with Crippen LogP contribution in [0.4, 0.5) is 4.79 Å². The van der Waals surface area contributed by atoms with E-state index in [9.17, 15) is 19.8 Å². The number of carbonyl (C=O) groups excluding carboxylic acids is 1. The highest BCUT2D eigenvalue weighted by atomic mass is 16.4. The average molecular weight is 323 g/mol. The summed E-state index contributed by atoms with van der Waals surface area (Å²) in [5, 5.41) is 22.3. The smallest absolute Gasteiger partial charge is 0.335 e. The lowest BCUT2D eigenvalue weighted by atomic mass is 9.93. The van der Waals surface area contributed by atoms with Crippen molar-refractivity contribution in [2.24, 2.45) is 0 Å². The number of amides is 1. The Hall–Kier alpha value is -2.60. The van der Waals surface area contributed by atoms with E-state index < -0.39 is 23.9 Å². The topological polar surface area (TPSA) is 86.6 Å².